The molecule has 0 aromatic heterocycles. The highest BCUT2D eigenvalue weighted by molar-refractivity contribution is 4.67. The molecular weight excluding hydrogens is 424 g/mol. The van der Waals surface area contributed by atoms with Crippen molar-refractivity contribution in [3.63, 3.8) is 0 Å². The third-order valence-corrected chi connectivity index (χ3v) is 3.59. The molecule has 0 amide bonds. The van der Waals surface area contributed by atoms with Crippen molar-refractivity contribution < 1.29 is 20.4 Å². The highest BCUT2D eigenvalue weighted by Gasteiger charge is 2.14. The number of rotatable bonds is 8. The molecule has 0 spiro atoms. The highest BCUT2D eigenvalue weighted by Crippen LogP contribution is 2.15. The van der Waals surface area contributed by atoms with Crippen LogP contribution in [0.25, 0.3) is 0 Å². The first-order chi connectivity index (χ1) is 13.3. The minimum Gasteiger partial charge on any atom is -0.390 e. The lowest BCUT2D eigenvalue weighted by molar-refractivity contribution is 0.0571. The van der Waals surface area contributed by atoms with E-state index in [9.17, 15) is 15.3 Å². The van der Waals surface area contributed by atoms with Gasteiger partial charge in [0.1, 0.15) is 0 Å². The Balaban J connectivity index is -0.0000000556. The number of aliphatic hydroxyl groups is 4. The van der Waals surface area contributed by atoms with Gasteiger partial charge < -0.3 is 20.4 Å². The molecule has 34 heavy (non-hydrogen) atoms. The van der Waals surface area contributed by atoms with E-state index in [0.29, 0.717) is 17.8 Å². The Labute approximate surface area is 219 Å². The van der Waals surface area contributed by atoms with E-state index in [0.717, 1.165) is 32.1 Å². The second-order valence-corrected chi connectivity index (χ2v) is 12.8. The van der Waals surface area contributed by atoms with Crippen molar-refractivity contribution in [3.8, 4) is 0 Å². The summed E-state index contributed by atoms with van der Waals surface area (Å²) in [4.78, 5) is 0. The maximum Gasteiger partial charge on any atom is 0.0594 e. The quantitative estimate of drug-likeness (QED) is 0.269. The Bertz CT molecular complexity index is 325. The maximum absolute atomic E-state index is 9.19. The summed E-state index contributed by atoms with van der Waals surface area (Å²) in [6.07, 6.45) is 4.60. The van der Waals surface area contributed by atoms with Gasteiger partial charge >= 0.3 is 0 Å². The molecule has 0 saturated carbocycles. The highest BCUT2D eigenvalue weighted by atomic mass is 16.3. The van der Waals surface area contributed by atoms with Crippen molar-refractivity contribution in [1.82, 2.24) is 0 Å². The van der Waals surface area contributed by atoms with E-state index < -0.39 is 22.4 Å². The van der Waals surface area contributed by atoms with E-state index >= 15 is 0 Å². The molecule has 0 aromatic rings. The van der Waals surface area contributed by atoms with Gasteiger partial charge in [-0.3, -0.25) is 0 Å². The van der Waals surface area contributed by atoms with E-state index in [1.807, 2.05) is 55.4 Å². The molecule has 0 aliphatic carbocycles. The molecule has 218 valence electrons. The van der Waals surface area contributed by atoms with Crippen molar-refractivity contribution in [2.75, 3.05) is 0 Å². The molecule has 0 radical (unpaired) electrons. The Morgan fingerprint density at radius 3 is 0.618 bits per heavy atom. The van der Waals surface area contributed by atoms with Gasteiger partial charge in [-0.05, 0) is 98.8 Å². The predicted octanol–water partition coefficient (Wildman–Crippen LogP) is 8.88. The first-order valence-corrected chi connectivity index (χ1v) is 12.2. The monoisotopic (exact) mass is 499 g/mol. The van der Waals surface area contributed by atoms with Crippen LogP contribution >= 0.6 is 0 Å². The lowest BCUT2D eigenvalue weighted by Gasteiger charge is -2.18. The smallest absolute Gasteiger partial charge is 0.0594 e. The molecule has 0 rings (SSSR count). The lowest BCUT2D eigenvalue weighted by atomic mass is 9.97. The summed E-state index contributed by atoms with van der Waals surface area (Å²) in [5, 5.41) is 36.6. The van der Waals surface area contributed by atoms with Crippen LogP contribution < -0.4 is 0 Å². The summed E-state index contributed by atoms with van der Waals surface area (Å²) < 4.78 is 0. The van der Waals surface area contributed by atoms with Gasteiger partial charge in [0.15, 0.2) is 0 Å². The predicted molar refractivity (Wildman–Crippen MR) is 159 cm³/mol. The van der Waals surface area contributed by atoms with Crippen molar-refractivity contribution in [2.45, 2.75) is 181 Å². The van der Waals surface area contributed by atoms with Crippen LogP contribution in [0.4, 0.5) is 0 Å². The zero-order valence-corrected chi connectivity index (χ0v) is 24.1. The molecule has 0 atom stereocenters. The second kappa shape index (κ2) is 23.3. The maximum atomic E-state index is 9.19. The number of hydrogen-bond acceptors (Lipinski definition) is 4. The van der Waals surface area contributed by atoms with Crippen molar-refractivity contribution in [1.29, 1.82) is 0 Å². The minimum absolute atomic E-state index is 0. The van der Waals surface area contributed by atoms with Crippen LogP contribution in [-0.2, 0) is 0 Å². The lowest BCUT2D eigenvalue weighted by Crippen LogP contribution is -2.20. The van der Waals surface area contributed by atoms with E-state index in [1.165, 1.54) is 0 Å². The first-order valence-electron chi connectivity index (χ1n) is 12.2. The largest absolute Gasteiger partial charge is 0.390 e. The van der Waals surface area contributed by atoms with Gasteiger partial charge in [0.25, 0.3) is 0 Å². The second-order valence-electron chi connectivity index (χ2n) is 12.8. The van der Waals surface area contributed by atoms with Gasteiger partial charge in [0.05, 0.1) is 22.4 Å². The normalized spacial score (nSPS) is 11.5. The topological polar surface area (TPSA) is 80.9 Å². The zero-order chi connectivity index (χ0) is 26.3. The van der Waals surface area contributed by atoms with Crippen molar-refractivity contribution in [3.05, 3.63) is 0 Å². The van der Waals surface area contributed by atoms with Crippen LogP contribution in [-0.4, -0.2) is 42.8 Å². The van der Waals surface area contributed by atoms with Crippen molar-refractivity contribution >= 4 is 0 Å². The summed E-state index contributed by atoms with van der Waals surface area (Å²) in [7, 11) is 0. The summed E-state index contributed by atoms with van der Waals surface area (Å²) in [6, 6.07) is 0. The van der Waals surface area contributed by atoms with Gasteiger partial charge in [-0.1, -0.05) is 77.2 Å². The van der Waals surface area contributed by atoms with Gasteiger partial charge in [0.2, 0.25) is 0 Å². The van der Waals surface area contributed by atoms with E-state index in [4.69, 9.17) is 5.11 Å². The summed E-state index contributed by atoms with van der Waals surface area (Å²) in [5.41, 5.74) is -1.88. The van der Waals surface area contributed by atoms with E-state index in [2.05, 4.69) is 48.5 Å². The van der Waals surface area contributed by atoms with Crippen LogP contribution in [0, 0.1) is 17.8 Å². The summed E-state index contributed by atoms with van der Waals surface area (Å²) in [6.45, 7) is 29.4. The van der Waals surface area contributed by atoms with Crippen LogP contribution in [0.3, 0.4) is 0 Å². The third kappa shape index (κ3) is 85.3. The molecule has 4 heteroatoms. The average molecular weight is 499 g/mol. The fourth-order valence-electron chi connectivity index (χ4n) is 3.61. The first kappa shape index (κ1) is 50.7. The van der Waals surface area contributed by atoms with Gasteiger partial charge in [0, 0.05) is 0 Å². The Morgan fingerprint density at radius 2 is 0.618 bits per heavy atom. The SMILES string of the molecule is C.C.C.CC(C)CC(C)(C)O.CC(C)CC(C)(C)O.CC(C)CC(C)(C)O.CCCC(C)(C)O. The standard InChI is InChI=1S/3C7H16O.C6H14O.3CH4/c3*1-6(2)5-7(3,4)8;1-4-5-6(2,3)7;;;/h3*6,8H,5H2,1-4H3;7H,4-5H2,1-3H3;3*1H4. The van der Waals surface area contributed by atoms with Gasteiger partial charge in [-0.15, -0.1) is 0 Å². The van der Waals surface area contributed by atoms with E-state index in [1.54, 1.807) is 0 Å². The molecule has 0 heterocycles. The Kier molecular flexibility index (Phi) is 34.6. The van der Waals surface area contributed by atoms with Crippen LogP contribution in [0.2, 0.25) is 0 Å². The molecule has 0 aliphatic heterocycles. The molecule has 4 N–H and O–H groups in total. The molecular formula is C30H74O4. The fraction of sp³-hybridized carbons (Fsp3) is 1.00. The molecule has 0 fully saturated rings. The Hall–Kier alpha value is -0.160. The average Bonchev–Trinajstić information content (AvgIpc) is 2.28. The van der Waals surface area contributed by atoms with Gasteiger partial charge in [-0.25, -0.2) is 0 Å². The summed E-state index contributed by atoms with van der Waals surface area (Å²) in [5.74, 6) is 1.78. The molecule has 4 nitrogen and oxygen atoms in total. The number of hydrogen-bond donors (Lipinski definition) is 4. The minimum atomic E-state index is -0.478. The zero-order valence-electron chi connectivity index (χ0n) is 24.1. The summed E-state index contributed by atoms with van der Waals surface area (Å²) >= 11 is 0. The molecule has 0 saturated heterocycles. The van der Waals surface area contributed by atoms with Crippen LogP contribution in [0.15, 0.2) is 0 Å². The van der Waals surface area contributed by atoms with E-state index in [-0.39, 0.29) is 22.3 Å². The molecule has 0 aliphatic rings. The Morgan fingerprint density at radius 1 is 0.441 bits per heavy atom. The molecule has 0 bridgehead atoms. The van der Waals surface area contributed by atoms with Crippen LogP contribution in [0.5, 0.6) is 0 Å². The van der Waals surface area contributed by atoms with Gasteiger partial charge in [-0.2, -0.15) is 0 Å². The van der Waals surface area contributed by atoms with Crippen LogP contribution in [0.1, 0.15) is 158 Å². The molecule has 0 unspecified atom stereocenters. The fourth-order valence-corrected chi connectivity index (χ4v) is 3.61. The van der Waals surface area contributed by atoms with Crippen molar-refractivity contribution in [2.24, 2.45) is 17.8 Å². The molecule has 0 aromatic carbocycles. The third-order valence-electron chi connectivity index (χ3n) is 3.59.